The minimum absolute atomic E-state index is 0.0555. The third kappa shape index (κ3) is 10.5. The first-order valence-electron chi connectivity index (χ1n) is 14.8. The summed E-state index contributed by atoms with van der Waals surface area (Å²) in [7, 11) is 0. The Morgan fingerprint density at radius 1 is 0.532 bits per heavy atom. The number of carbonyl (C=O) groups excluding carboxylic acids is 5. The smallest absolute Gasteiger partial charge is 0.342 e. The first-order chi connectivity index (χ1) is 22.1. The van der Waals surface area contributed by atoms with Crippen molar-refractivity contribution in [1.82, 2.24) is 0 Å². The summed E-state index contributed by atoms with van der Waals surface area (Å²) < 4.78 is 26.5. The molecule has 0 fully saturated rings. The van der Waals surface area contributed by atoms with Crippen molar-refractivity contribution < 1.29 is 73.2 Å². The lowest BCUT2D eigenvalue weighted by Crippen LogP contribution is -2.30. The fourth-order valence-electron chi connectivity index (χ4n) is 4.98. The number of rotatable bonds is 1. The first kappa shape index (κ1) is 36.4. The maximum Gasteiger partial charge on any atom is 0.342 e. The van der Waals surface area contributed by atoms with Crippen LogP contribution in [0, 0.1) is 0 Å². The van der Waals surface area contributed by atoms with Crippen molar-refractivity contribution in [2.45, 2.75) is 90.3 Å². The van der Waals surface area contributed by atoms with Gasteiger partial charge in [0.25, 0.3) is 0 Å². The molecule has 5 atom stereocenters. The van der Waals surface area contributed by atoms with Crippen molar-refractivity contribution in [2.24, 2.45) is 0 Å². The maximum atomic E-state index is 13.1. The van der Waals surface area contributed by atoms with E-state index in [9.17, 15) is 49.5 Å². The van der Waals surface area contributed by atoms with Crippen LogP contribution in [0.3, 0.4) is 0 Å². The minimum Gasteiger partial charge on any atom is -0.508 e. The highest BCUT2D eigenvalue weighted by atomic mass is 16.6. The third-order valence-electron chi connectivity index (χ3n) is 6.88. The highest BCUT2D eigenvalue weighted by molar-refractivity contribution is 5.95. The number of esters is 5. The van der Waals surface area contributed by atoms with E-state index < -0.39 is 103 Å². The highest BCUT2D eigenvalue weighted by Crippen LogP contribution is 2.31. The van der Waals surface area contributed by atoms with E-state index in [0.717, 1.165) is 12.1 Å². The molecular formula is C32H38O15. The van der Waals surface area contributed by atoms with E-state index in [1.807, 2.05) is 0 Å². The Kier molecular flexibility index (Phi) is 12.4. The molecule has 1 aliphatic heterocycles. The van der Waals surface area contributed by atoms with Crippen LogP contribution >= 0.6 is 0 Å². The number of aliphatic hydroxyl groups is 1. The van der Waals surface area contributed by atoms with Gasteiger partial charge in [-0.3, -0.25) is 14.4 Å². The van der Waals surface area contributed by atoms with Gasteiger partial charge in [0.1, 0.15) is 64.6 Å². The number of phenols is 4. The van der Waals surface area contributed by atoms with Crippen LogP contribution in [-0.4, -0.2) is 92.5 Å². The van der Waals surface area contributed by atoms with Gasteiger partial charge in [-0.15, -0.1) is 0 Å². The Morgan fingerprint density at radius 2 is 0.894 bits per heavy atom. The quantitative estimate of drug-likeness (QED) is 0.218. The molecule has 0 aliphatic carbocycles. The number of cyclic esters (lactones) is 5. The van der Waals surface area contributed by atoms with Gasteiger partial charge in [0.2, 0.25) is 0 Å². The van der Waals surface area contributed by atoms with E-state index in [-0.39, 0.29) is 40.8 Å². The zero-order valence-electron chi connectivity index (χ0n) is 26.3. The van der Waals surface area contributed by atoms with Crippen LogP contribution in [0.1, 0.15) is 78.8 Å². The van der Waals surface area contributed by atoms with Gasteiger partial charge in [-0.05, 0) is 51.0 Å². The number of hydrogen-bond donors (Lipinski definition) is 5. The molecular weight excluding hydrogens is 624 g/mol. The van der Waals surface area contributed by atoms with E-state index in [4.69, 9.17) is 23.7 Å². The van der Waals surface area contributed by atoms with Crippen LogP contribution < -0.4 is 0 Å². The Labute approximate surface area is 269 Å². The number of ether oxygens (including phenoxy) is 5. The zero-order chi connectivity index (χ0) is 35.0. The van der Waals surface area contributed by atoms with Crippen LogP contribution in [0.5, 0.6) is 23.0 Å². The van der Waals surface area contributed by atoms with E-state index in [0.29, 0.717) is 0 Å². The standard InChI is InChI=1S/C32H38O15/c1-15-5-19-9-21(34)11-24(36)29(19)32(42)46-18(4)8-27(39)47-23(14-33)13-28(40)44-16(2)6-20-10-22(35)12-25(37)30(20)31(41)45-17(3)7-26(38)43-15/h9-12,15-18,23,33-37H,5-8,13-14H2,1-4H3/t15-,16+,17-,18-,23-/m0/s1. The van der Waals surface area contributed by atoms with Crippen LogP contribution in [0.15, 0.2) is 24.3 Å². The maximum absolute atomic E-state index is 13.1. The molecule has 0 radical (unpaired) electrons. The van der Waals surface area contributed by atoms with Gasteiger partial charge >= 0.3 is 29.8 Å². The number of fused-ring (bicyclic) bond motifs is 2. The Bertz CT molecular complexity index is 1500. The molecule has 2 aromatic carbocycles. The van der Waals surface area contributed by atoms with Crippen LogP contribution in [0.4, 0.5) is 0 Å². The van der Waals surface area contributed by atoms with Crippen molar-refractivity contribution in [3.05, 3.63) is 46.5 Å². The molecule has 256 valence electrons. The normalized spacial score (nSPS) is 24.3. The molecule has 1 aliphatic rings. The van der Waals surface area contributed by atoms with E-state index in [2.05, 4.69) is 0 Å². The largest absolute Gasteiger partial charge is 0.508 e. The predicted molar refractivity (Wildman–Crippen MR) is 159 cm³/mol. The Hall–Kier alpha value is -5.05. The highest BCUT2D eigenvalue weighted by Gasteiger charge is 2.28. The topological polar surface area (TPSA) is 233 Å². The second kappa shape index (κ2) is 16.0. The lowest BCUT2D eigenvalue weighted by atomic mass is 10.00. The number of hydrogen-bond acceptors (Lipinski definition) is 15. The summed E-state index contributed by atoms with van der Waals surface area (Å²) >= 11 is 0. The van der Waals surface area contributed by atoms with Crippen LogP contribution in [-0.2, 0) is 50.9 Å². The molecule has 0 amide bonds. The van der Waals surface area contributed by atoms with Crippen LogP contribution in [0.25, 0.3) is 0 Å². The van der Waals surface area contributed by atoms with E-state index in [1.54, 1.807) is 0 Å². The van der Waals surface area contributed by atoms with E-state index in [1.165, 1.54) is 39.8 Å². The summed E-state index contributed by atoms with van der Waals surface area (Å²) in [5.41, 5.74) is -0.574. The molecule has 0 spiro atoms. The lowest BCUT2D eigenvalue weighted by Gasteiger charge is -2.21. The predicted octanol–water partition coefficient (Wildman–Crippen LogP) is 2.34. The second-order valence-corrected chi connectivity index (χ2v) is 11.3. The minimum atomic E-state index is -1.32. The molecule has 0 bridgehead atoms. The average molecular weight is 663 g/mol. The van der Waals surface area contributed by atoms with Crippen LogP contribution in [0.2, 0.25) is 0 Å². The summed E-state index contributed by atoms with van der Waals surface area (Å²) in [6, 6.07) is 4.16. The molecule has 3 rings (SSSR count). The molecule has 5 N–H and O–H groups in total. The monoisotopic (exact) mass is 662 g/mol. The van der Waals surface area contributed by atoms with E-state index >= 15 is 0 Å². The molecule has 15 heteroatoms. The lowest BCUT2D eigenvalue weighted by molar-refractivity contribution is -0.160. The average Bonchev–Trinajstić information content (AvgIpc) is 2.90. The molecule has 15 nitrogen and oxygen atoms in total. The molecule has 47 heavy (non-hydrogen) atoms. The summed E-state index contributed by atoms with van der Waals surface area (Å²) in [6.45, 7) is 4.98. The molecule has 0 saturated heterocycles. The first-order valence-corrected chi connectivity index (χ1v) is 14.8. The number of aromatic hydroxyl groups is 4. The van der Waals surface area contributed by atoms with Gasteiger partial charge < -0.3 is 49.2 Å². The van der Waals surface area contributed by atoms with Crippen molar-refractivity contribution in [2.75, 3.05) is 6.61 Å². The zero-order valence-corrected chi connectivity index (χ0v) is 26.3. The summed E-state index contributed by atoms with van der Waals surface area (Å²) in [5.74, 6) is -6.75. The fraction of sp³-hybridized carbons (Fsp3) is 0.469. The van der Waals surface area contributed by atoms with Crippen molar-refractivity contribution in [3.63, 3.8) is 0 Å². The number of benzene rings is 2. The SMILES string of the molecule is C[C@@H]1Cc2cc(O)cc(O)c2C(=O)O[C@@H](C)CC(=O)O[C@@H](C)Cc2cc(O)cc(O)c2C(=O)O[C@@H](C)CC(=O)O[C@H](CO)CC(=O)O1. The van der Waals surface area contributed by atoms with Gasteiger partial charge in [0.05, 0.1) is 25.9 Å². The third-order valence-corrected chi connectivity index (χ3v) is 6.88. The number of aliphatic hydroxyl groups excluding tert-OH is 1. The van der Waals surface area contributed by atoms with Crippen molar-refractivity contribution in [1.29, 1.82) is 0 Å². The molecule has 1 heterocycles. The second-order valence-electron chi connectivity index (χ2n) is 11.3. The fourth-order valence-corrected chi connectivity index (χ4v) is 4.98. The van der Waals surface area contributed by atoms with Gasteiger partial charge in [0, 0.05) is 25.0 Å². The summed E-state index contributed by atoms with van der Waals surface area (Å²) in [6.07, 6.45) is -7.13. The molecule has 0 saturated carbocycles. The number of phenolic OH excluding ortho intramolecular Hbond substituents is 4. The van der Waals surface area contributed by atoms with Gasteiger partial charge in [-0.25, -0.2) is 9.59 Å². The Balaban J connectivity index is 1.92. The molecule has 0 unspecified atom stereocenters. The summed E-state index contributed by atoms with van der Waals surface area (Å²) in [4.78, 5) is 63.9. The van der Waals surface area contributed by atoms with Gasteiger partial charge in [0.15, 0.2) is 0 Å². The van der Waals surface area contributed by atoms with Gasteiger partial charge in [-0.1, -0.05) is 0 Å². The number of carbonyl (C=O) groups is 5. The Morgan fingerprint density at radius 3 is 1.30 bits per heavy atom. The summed E-state index contributed by atoms with van der Waals surface area (Å²) in [5, 5.41) is 50.7. The molecule has 0 aromatic heterocycles. The van der Waals surface area contributed by atoms with Gasteiger partial charge in [-0.2, -0.15) is 0 Å². The molecule has 2 aromatic rings. The van der Waals surface area contributed by atoms with Crippen molar-refractivity contribution in [3.8, 4) is 23.0 Å². The van der Waals surface area contributed by atoms with Crippen molar-refractivity contribution >= 4 is 29.8 Å².